The monoisotopic (exact) mass is 254 g/mol. The van der Waals surface area contributed by atoms with Crippen LogP contribution < -0.4 is 10.6 Å². The van der Waals surface area contributed by atoms with Crippen LogP contribution in [0.5, 0.6) is 0 Å². The van der Waals surface area contributed by atoms with Crippen LogP contribution in [0, 0.1) is 0 Å². The summed E-state index contributed by atoms with van der Waals surface area (Å²) < 4.78 is 5.13. The third-order valence-electron chi connectivity index (χ3n) is 2.09. The highest BCUT2D eigenvalue weighted by atomic mass is 32.2. The molecule has 0 aliphatic heterocycles. The number of thioether (sulfide) groups is 1. The molecule has 0 atom stereocenters. The van der Waals surface area contributed by atoms with Crippen LogP contribution in [-0.2, 0) is 4.74 Å². The van der Waals surface area contributed by atoms with Gasteiger partial charge in [0.05, 0.1) is 12.3 Å². The van der Waals surface area contributed by atoms with E-state index in [1.54, 1.807) is 11.8 Å². The zero-order chi connectivity index (χ0) is 12.5. The first-order valence-electron chi connectivity index (χ1n) is 5.53. The highest BCUT2D eigenvalue weighted by molar-refractivity contribution is 7.98. The molecule has 1 rings (SSSR count). The van der Waals surface area contributed by atoms with E-state index in [1.807, 2.05) is 37.4 Å². The molecule has 2 amide bonds. The van der Waals surface area contributed by atoms with Crippen molar-refractivity contribution in [3.63, 3.8) is 0 Å². The molecule has 0 heterocycles. The number of para-hydroxylation sites is 1. The summed E-state index contributed by atoms with van der Waals surface area (Å²) in [5, 5.41) is 5.54. The predicted molar refractivity (Wildman–Crippen MR) is 71.7 cm³/mol. The molecule has 0 aromatic heterocycles. The fourth-order valence-corrected chi connectivity index (χ4v) is 1.85. The SMILES string of the molecule is CCOCCNC(=O)Nc1ccccc1SC. The van der Waals surface area contributed by atoms with Crippen LogP contribution in [0.2, 0.25) is 0 Å². The standard InChI is InChI=1S/C12H18N2O2S/c1-3-16-9-8-13-12(15)14-10-6-4-5-7-11(10)17-2/h4-7H,3,8-9H2,1-2H3,(H2,13,14,15). The maximum absolute atomic E-state index is 11.6. The van der Waals surface area contributed by atoms with Gasteiger partial charge in [0.15, 0.2) is 0 Å². The van der Waals surface area contributed by atoms with Crippen molar-refractivity contribution in [2.24, 2.45) is 0 Å². The lowest BCUT2D eigenvalue weighted by molar-refractivity contribution is 0.150. The molecule has 0 saturated heterocycles. The van der Waals surface area contributed by atoms with E-state index < -0.39 is 0 Å². The van der Waals surface area contributed by atoms with E-state index in [1.165, 1.54) is 0 Å². The van der Waals surface area contributed by atoms with Gasteiger partial charge in [-0.2, -0.15) is 0 Å². The average Bonchev–Trinajstić information content (AvgIpc) is 2.35. The van der Waals surface area contributed by atoms with Crippen LogP contribution in [0.4, 0.5) is 10.5 Å². The number of benzene rings is 1. The van der Waals surface area contributed by atoms with E-state index in [0.717, 1.165) is 10.6 Å². The number of urea groups is 1. The summed E-state index contributed by atoms with van der Waals surface area (Å²) in [5.74, 6) is 0. The van der Waals surface area contributed by atoms with Gasteiger partial charge in [0.25, 0.3) is 0 Å². The lowest BCUT2D eigenvalue weighted by Crippen LogP contribution is -2.31. The Bertz CT molecular complexity index is 358. The van der Waals surface area contributed by atoms with Crippen LogP contribution >= 0.6 is 11.8 Å². The zero-order valence-corrected chi connectivity index (χ0v) is 11.0. The normalized spacial score (nSPS) is 10.0. The summed E-state index contributed by atoms with van der Waals surface area (Å²) in [6.07, 6.45) is 1.98. The first-order valence-corrected chi connectivity index (χ1v) is 6.76. The molecule has 0 aliphatic carbocycles. The molecule has 0 spiro atoms. The Morgan fingerprint density at radius 2 is 2.18 bits per heavy atom. The third kappa shape index (κ3) is 5.10. The smallest absolute Gasteiger partial charge is 0.319 e. The van der Waals surface area contributed by atoms with Crippen molar-refractivity contribution in [2.75, 3.05) is 31.3 Å². The van der Waals surface area contributed by atoms with Crippen molar-refractivity contribution in [1.29, 1.82) is 0 Å². The van der Waals surface area contributed by atoms with Gasteiger partial charge in [-0.3, -0.25) is 0 Å². The molecule has 0 fully saturated rings. The number of ether oxygens (including phenoxy) is 1. The van der Waals surface area contributed by atoms with Crippen LogP contribution in [0.25, 0.3) is 0 Å². The lowest BCUT2D eigenvalue weighted by atomic mass is 10.3. The average molecular weight is 254 g/mol. The topological polar surface area (TPSA) is 50.4 Å². The summed E-state index contributed by atoms with van der Waals surface area (Å²) in [5.41, 5.74) is 0.828. The number of hydrogen-bond acceptors (Lipinski definition) is 3. The van der Waals surface area contributed by atoms with E-state index in [4.69, 9.17) is 4.74 Å². The minimum atomic E-state index is -0.203. The van der Waals surface area contributed by atoms with Crippen molar-refractivity contribution in [1.82, 2.24) is 5.32 Å². The second-order valence-electron chi connectivity index (χ2n) is 3.28. The van der Waals surface area contributed by atoms with Crippen LogP contribution in [0.15, 0.2) is 29.2 Å². The Kier molecular flexibility index (Phi) is 6.50. The molecule has 0 unspecified atom stereocenters. The fourth-order valence-electron chi connectivity index (χ4n) is 1.30. The molecule has 94 valence electrons. The van der Waals surface area contributed by atoms with Crippen LogP contribution in [0.3, 0.4) is 0 Å². The maximum Gasteiger partial charge on any atom is 0.319 e. The molecule has 1 aromatic rings. The Morgan fingerprint density at radius 3 is 2.88 bits per heavy atom. The fraction of sp³-hybridized carbons (Fsp3) is 0.417. The van der Waals surface area contributed by atoms with Gasteiger partial charge >= 0.3 is 6.03 Å². The Balaban J connectivity index is 2.39. The second-order valence-corrected chi connectivity index (χ2v) is 4.13. The van der Waals surface area contributed by atoms with E-state index >= 15 is 0 Å². The van der Waals surface area contributed by atoms with Crippen molar-refractivity contribution < 1.29 is 9.53 Å². The number of rotatable bonds is 6. The number of amides is 2. The molecule has 0 bridgehead atoms. The number of anilines is 1. The highest BCUT2D eigenvalue weighted by Crippen LogP contribution is 2.24. The van der Waals surface area contributed by atoms with Gasteiger partial charge in [-0.1, -0.05) is 12.1 Å². The number of hydrogen-bond donors (Lipinski definition) is 2. The lowest BCUT2D eigenvalue weighted by Gasteiger charge is -2.10. The molecular formula is C12H18N2O2S. The van der Waals surface area contributed by atoms with Crippen LogP contribution in [0.1, 0.15) is 6.92 Å². The summed E-state index contributed by atoms with van der Waals surface area (Å²) in [7, 11) is 0. The molecule has 4 nitrogen and oxygen atoms in total. The molecule has 17 heavy (non-hydrogen) atoms. The van der Waals surface area contributed by atoms with E-state index in [2.05, 4.69) is 10.6 Å². The molecule has 2 N–H and O–H groups in total. The number of carbonyl (C=O) groups excluding carboxylic acids is 1. The Hall–Kier alpha value is -1.20. The van der Waals surface area contributed by atoms with Gasteiger partial charge in [-0.15, -0.1) is 11.8 Å². The van der Waals surface area contributed by atoms with E-state index in [9.17, 15) is 4.79 Å². The highest BCUT2D eigenvalue weighted by Gasteiger charge is 2.04. The van der Waals surface area contributed by atoms with Gasteiger partial charge in [0, 0.05) is 18.0 Å². The molecule has 0 aliphatic rings. The molecular weight excluding hydrogens is 236 g/mol. The van der Waals surface area contributed by atoms with Gasteiger partial charge in [0.2, 0.25) is 0 Å². The number of carbonyl (C=O) groups is 1. The van der Waals surface area contributed by atoms with E-state index in [-0.39, 0.29) is 6.03 Å². The molecule has 5 heteroatoms. The van der Waals surface area contributed by atoms with Gasteiger partial charge in [0.1, 0.15) is 0 Å². The van der Waals surface area contributed by atoms with Crippen molar-refractivity contribution in [2.45, 2.75) is 11.8 Å². The zero-order valence-electron chi connectivity index (χ0n) is 10.2. The van der Waals surface area contributed by atoms with Gasteiger partial charge < -0.3 is 15.4 Å². The largest absolute Gasteiger partial charge is 0.380 e. The summed E-state index contributed by atoms with van der Waals surface area (Å²) >= 11 is 1.60. The summed E-state index contributed by atoms with van der Waals surface area (Å²) in [4.78, 5) is 12.6. The van der Waals surface area contributed by atoms with Gasteiger partial charge in [-0.25, -0.2) is 4.79 Å². The first-order chi connectivity index (χ1) is 8.27. The minimum absolute atomic E-state index is 0.203. The molecule has 0 radical (unpaired) electrons. The Labute approximate surface area is 106 Å². The molecule has 1 aromatic carbocycles. The molecule has 0 saturated carbocycles. The maximum atomic E-state index is 11.6. The van der Waals surface area contributed by atoms with Crippen molar-refractivity contribution in [3.8, 4) is 0 Å². The minimum Gasteiger partial charge on any atom is -0.380 e. The van der Waals surface area contributed by atoms with E-state index in [0.29, 0.717) is 19.8 Å². The van der Waals surface area contributed by atoms with Gasteiger partial charge in [-0.05, 0) is 25.3 Å². The second kappa shape index (κ2) is 7.97. The number of nitrogens with one attached hydrogen (secondary N) is 2. The Morgan fingerprint density at radius 1 is 1.41 bits per heavy atom. The summed E-state index contributed by atoms with van der Waals surface area (Å²) in [6, 6.07) is 7.50. The van der Waals surface area contributed by atoms with Crippen molar-refractivity contribution >= 4 is 23.5 Å². The summed E-state index contributed by atoms with van der Waals surface area (Å²) in [6.45, 7) is 3.64. The van der Waals surface area contributed by atoms with Crippen molar-refractivity contribution in [3.05, 3.63) is 24.3 Å². The quantitative estimate of drug-likeness (QED) is 0.606. The third-order valence-corrected chi connectivity index (χ3v) is 2.89. The first kappa shape index (κ1) is 13.9. The predicted octanol–water partition coefficient (Wildman–Crippen LogP) is 2.57. The van der Waals surface area contributed by atoms with Crippen LogP contribution in [-0.4, -0.2) is 32.0 Å².